The van der Waals surface area contributed by atoms with Gasteiger partial charge in [0.2, 0.25) is 0 Å². The van der Waals surface area contributed by atoms with Crippen molar-refractivity contribution in [1.82, 2.24) is 0 Å². The van der Waals surface area contributed by atoms with Crippen LogP contribution in [0.5, 0.6) is 0 Å². The van der Waals surface area contributed by atoms with E-state index in [1.54, 1.807) is 0 Å². The van der Waals surface area contributed by atoms with Crippen molar-refractivity contribution in [2.24, 2.45) is 0 Å². The maximum Gasteiger partial charge on any atom is 0.0787 e. The molecule has 1 N–H and O–H groups in total. The van der Waals surface area contributed by atoms with Crippen molar-refractivity contribution >= 4 is 6.08 Å². The van der Waals surface area contributed by atoms with E-state index in [2.05, 4.69) is 31.2 Å². The molecule has 0 spiro atoms. The topological polar surface area (TPSA) is 29.5 Å². The van der Waals surface area contributed by atoms with E-state index in [0.717, 1.165) is 12.8 Å². The summed E-state index contributed by atoms with van der Waals surface area (Å²) in [6.45, 7) is 2.21. The maximum atomic E-state index is 9.99. The Morgan fingerprint density at radius 2 is 2.00 bits per heavy atom. The van der Waals surface area contributed by atoms with Crippen molar-refractivity contribution in [2.75, 3.05) is 0 Å². The Morgan fingerprint density at radius 1 is 1.20 bits per heavy atom. The molecular formula is C18H26O2. The van der Waals surface area contributed by atoms with Gasteiger partial charge in [-0.2, -0.15) is 0 Å². The van der Waals surface area contributed by atoms with Gasteiger partial charge < -0.3 is 9.84 Å². The van der Waals surface area contributed by atoms with Crippen molar-refractivity contribution in [3.05, 3.63) is 42.0 Å². The second kappa shape index (κ2) is 8.23. The lowest BCUT2D eigenvalue weighted by molar-refractivity contribution is -0.0787. The first-order chi connectivity index (χ1) is 9.78. The lowest BCUT2D eigenvalue weighted by Gasteiger charge is -2.32. The third-order valence-corrected chi connectivity index (χ3v) is 3.84. The molecule has 3 atom stereocenters. The van der Waals surface area contributed by atoms with E-state index < -0.39 is 0 Å². The molecule has 20 heavy (non-hydrogen) atoms. The lowest BCUT2D eigenvalue weighted by atomic mass is 9.97. The van der Waals surface area contributed by atoms with E-state index in [4.69, 9.17) is 4.74 Å². The minimum atomic E-state index is -0.221. The zero-order valence-electron chi connectivity index (χ0n) is 12.4. The van der Waals surface area contributed by atoms with Gasteiger partial charge in [-0.15, -0.1) is 0 Å². The minimum Gasteiger partial charge on any atom is -0.393 e. The van der Waals surface area contributed by atoms with Crippen LogP contribution in [0.1, 0.15) is 51.0 Å². The molecule has 0 aromatic heterocycles. The van der Waals surface area contributed by atoms with Gasteiger partial charge in [0.05, 0.1) is 18.3 Å². The van der Waals surface area contributed by atoms with Crippen LogP contribution in [0, 0.1) is 0 Å². The number of aliphatic hydroxyl groups is 1. The minimum absolute atomic E-state index is 0.0468. The predicted molar refractivity (Wildman–Crippen MR) is 83.5 cm³/mol. The van der Waals surface area contributed by atoms with Gasteiger partial charge in [-0.1, -0.05) is 68.7 Å². The molecule has 2 nitrogen and oxygen atoms in total. The summed E-state index contributed by atoms with van der Waals surface area (Å²) in [7, 11) is 0. The van der Waals surface area contributed by atoms with Crippen molar-refractivity contribution < 1.29 is 9.84 Å². The van der Waals surface area contributed by atoms with Gasteiger partial charge in [-0.25, -0.2) is 0 Å². The largest absolute Gasteiger partial charge is 0.393 e. The Labute approximate surface area is 122 Å². The molecule has 1 aliphatic rings. The number of aliphatic hydroxyl groups excluding tert-OH is 1. The van der Waals surface area contributed by atoms with E-state index in [0.29, 0.717) is 6.42 Å². The Kier molecular flexibility index (Phi) is 6.28. The van der Waals surface area contributed by atoms with Crippen LogP contribution >= 0.6 is 0 Å². The van der Waals surface area contributed by atoms with Crippen LogP contribution < -0.4 is 0 Å². The molecule has 1 aliphatic heterocycles. The van der Waals surface area contributed by atoms with Crippen LogP contribution in [-0.2, 0) is 4.74 Å². The Bertz CT molecular complexity index is 399. The standard InChI is InChI=1S/C18H26O2/c1-2-3-5-10-17-13-16(19)14-18(20-17)12-11-15-8-6-4-7-9-15/h4,6-9,11-12,16-19H,2-3,5,10,13-14H2,1H3/b12-11+/t16-,17+,18-/m0/s1. The van der Waals surface area contributed by atoms with Crippen LogP contribution in [0.2, 0.25) is 0 Å². The van der Waals surface area contributed by atoms with Crippen molar-refractivity contribution in [3.63, 3.8) is 0 Å². The van der Waals surface area contributed by atoms with E-state index in [-0.39, 0.29) is 18.3 Å². The van der Waals surface area contributed by atoms with Crippen LogP contribution in [0.25, 0.3) is 6.08 Å². The number of hydrogen-bond donors (Lipinski definition) is 1. The number of benzene rings is 1. The molecular weight excluding hydrogens is 248 g/mol. The molecule has 0 saturated carbocycles. The highest BCUT2D eigenvalue weighted by atomic mass is 16.5. The molecule has 1 heterocycles. The van der Waals surface area contributed by atoms with Crippen molar-refractivity contribution in [1.29, 1.82) is 0 Å². The van der Waals surface area contributed by atoms with E-state index >= 15 is 0 Å². The van der Waals surface area contributed by atoms with Gasteiger partial charge in [0.25, 0.3) is 0 Å². The summed E-state index contributed by atoms with van der Waals surface area (Å²) < 4.78 is 6.08. The average molecular weight is 274 g/mol. The van der Waals surface area contributed by atoms with Gasteiger partial charge >= 0.3 is 0 Å². The normalized spacial score (nSPS) is 27.0. The van der Waals surface area contributed by atoms with Crippen molar-refractivity contribution in [2.45, 2.75) is 63.8 Å². The summed E-state index contributed by atoms with van der Waals surface area (Å²) in [5.74, 6) is 0. The molecule has 2 heteroatoms. The van der Waals surface area contributed by atoms with Gasteiger partial charge in [0.15, 0.2) is 0 Å². The van der Waals surface area contributed by atoms with Gasteiger partial charge in [0, 0.05) is 6.42 Å². The number of rotatable bonds is 6. The molecule has 0 aliphatic carbocycles. The molecule has 2 rings (SSSR count). The molecule has 0 radical (unpaired) electrons. The fourth-order valence-electron chi connectivity index (χ4n) is 2.74. The summed E-state index contributed by atoms with van der Waals surface area (Å²) >= 11 is 0. The molecule has 1 aromatic carbocycles. The molecule has 0 bridgehead atoms. The highest BCUT2D eigenvalue weighted by Gasteiger charge is 2.26. The Hall–Kier alpha value is -1.12. The number of unbranched alkanes of at least 4 members (excludes halogenated alkanes) is 2. The average Bonchev–Trinajstić information content (AvgIpc) is 2.46. The number of hydrogen-bond acceptors (Lipinski definition) is 2. The monoisotopic (exact) mass is 274 g/mol. The molecule has 110 valence electrons. The molecule has 0 amide bonds. The first-order valence-corrected chi connectivity index (χ1v) is 7.84. The third kappa shape index (κ3) is 5.10. The Balaban J connectivity index is 1.86. The first-order valence-electron chi connectivity index (χ1n) is 7.84. The zero-order valence-corrected chi connectivity index (χ0v) is 12.4. The molecule has 1 saturated heterocycles. The van der Waals surface area contributed by atoms with Gasteiger partial charge in [0.1, 0.15) is 0 Å². The summed E-state index contributed by atoms with van der Waals surface area (Å²) in [5.41, 5.74) is 1.18. The SMILES string of the molecule is CCCCC[C@@H]1C[C@H](O)C[C@H](/C=C/c2ccccc2)O1. The fraction of sp³-hybridized carbons (Fsp3) is 0.556. The van der Waals surface area contributed by atoms with E-state index in [1.165, 1.54) is 24.8 Å². The zero-order chi connectivity index (χ0) is 14.2. The summed E-state index contributed by atoms with van der Waals surface area (Å²) in [4.78, 5) is 0. The lowest BCUT2D eigenvalue weighted by Crippen LogP contribution is -2.34. The summed E-state index contributed by atoms with van der Waals surface area (Å²) in [5, 5.41) is 9.99. The maximum absolute atomic E-state index is 9.99. The summed E-state index contributed by atoms with van der Waals surface area (Å²) in [6.07, 6.45) is 10.5. The second-order valence-electron chi connectivity index (χ2n) is 5.69. The second-order valence-corrected chi connectivity index (χ2v) is 5.69. The molecule has 1 fully saturated rings. The molecule has 1 aromatic rings. The Morgan fingerprint density at radius 3 is 2.75 bits per heavy atom. The van der Waals surface area contributed by atoms with Gasteiger partial charge in [-0.3, -0.25) is 0 Å². The van der Waals surface area contributed by atoms with E-state index in [9.17, 15) is 5.11 Å². The highest BCUT2D eigenvalue weighted by Crippen LogP contribution is 2.24. The molecule has 0 unspecified atom stereocenters. The van der Waals surface area contributed by atoms with Crippen LogP contribution in [0.4, 0.5) is 0 Å². The van der Waals surface area contributed by atoms with Crippen LogP contribution in [-0.4, -0.2) is 23.4 Å². The fourth-order valence-corrected chi connectivity index (χ4v) is 2.74. The summed E-state index contributed by atoms with van der Waals surface area (Å²) in [6, 6.07) is 10.2. The van der Waals surface area contributed by atoms with Crippen LogP contribution in [0.15, 0.2) is 36.4 Å². The number of ether oxygens (including phenoxy) is 1. The van der Waals surface area contributed by atoms with E-state index in [1.807, 2.05) is 18.2 Å². The highest BCUT2D eigenvalue weighted by molar-refractivity contribution is 5.49. The smallest absolute Gasteiger partial charge is 0.0787 e. The first kappa shape index (κ1) is 15.3. The predicted octanol–water partition coefficient (Wildman–Crippen LogP) is 4.19. The van der Waals surface area contributed by atoms with Crippen LogP contribution in [0.3, 0.4) is 0 Å². The quantitative estimate of drug-likeness (QED) is 0.788. The van der Waals surface area contributed by atoms with Gasteiger partial charge in [-0.05, 0) is 18.4 Å². The van der Waals surface area contributed by atoms with Crippen molar-refractivity contribution in [3.8, 4) is 0 Å². The third-order valence-electron chi connectivity index (χ3n) is 3.84.